The summed E-state index contributed by atoms with van der Waals surface area (Å²) in [7, 11) is 1.35. The molecule has 5 amide bonds. The topological polar surface area (TPSA) is 98.8 Å². The largest absolute Gasteiger partial charge is 0.335 e. The zero-order chi connectivity index (χ0) is 23.6. The summed E-state index contributed by atoms with van der Waals surface area (Å²) >= 11 is 0. The number of anilines is 1. The number of carbonyl (C=O) groups excluding carboxylic acids is 4. The van der Waals surface area contributed by atoms with Gasteiger partial charge in [-0.15, -0.1) is 0 Å². The van der Waals surface area contributed by atoms with Crippen LogP contribution in [0.25, 0.3) is 0 Å². The summed E-state index contributed by atoms with van der Waals surface area (Å²) in [6.07, 6.45) is 0. The van der Waals surface area contributed by atoms with Crippen LogP contribution in [-0.2, 0) is 19.9 Å². The Bertz CT molecular complexity index is 1090. The number of carbonyl (C=O) groups is 4. The minimum atomic E-state index is -1.87. The van der Waals surface area contributed by atoms with Gasteiger partial charge in [0.15, 0.2) is 0 Å². The number of nitrogens with zero attached hydrogens (tertiary/aromatic N) is 2. The highest BCUT2D eigenvalue weighted by molar-refractivity contribution is 6.09. The van der Waals surface area contributed by atoms with Crippen LogP contribution in [0.4, 0.5) is 19.3 Å². The fraction of sp³-hybridized carbons (Fsp3) is 0.273. The third kappa shape index (κ3) is 4.58. The molecule has 8 nitrogen and oxygen atoms in total. The van der Waals surface area contributed by atoms with E-state index in [2.05, 4.69) is 10.6 Å². The first-order chi connectivity index (χ1) is 15.0. The highest BCUT2D eigenvalue weighted by Gasteiger charge is 2.51. The first-order valence-electron chi connectivity index (χ1n) is 9.71. The van der Waals surface area contributed by atoms with Crippen molar-refractivity contribution < 1.29 is 28.0 Å². The number of hydrogen-bond donors (Lipinski definition) is 2. The van der Waals surface area contributed by atoms with Crippen molar-refractivity contribution in [1.29, 1.82) is 0 Å². The van der Waals surface area contributed by atoms with E-state index in [0.717, 1.165) is 28.7 Å². The second-order valence-corrected chi connectivity index (χ2v) is 7.73. The van der Waals surface area contributed by atoms with E-state index in [0.29, 0.717) is 10.6 Å². The van der Waals surface area contributed by atoms with E-state index in [4.69, 9.17) is 0 Å². The molecule has 2 N–H and O–H groups in total. The Hall–Kier alpha value is -3.82. The van der Waals surface area contributed by atoms with Crippen LogP contribution in [0.15, 0.2) is 42.5 Å². The van der Waals surface area contributed by atoms with Gasteiger partial charge in [-0.2, -0.15) is 0 Å². The number of urea groups is 1. The molecule has 1 aliphatic heterocycles. The van der Waals surface area contributed by atoms with Crippen molar-refractivity contribution in [1.82, 2.24) is 15.1 Å². The average molecular weight is 444 g/mol. The second kappa shape index (κ2) is 8.74. The quantitative estimate of drug-likeness (QED) is 0.667. The van der Waals surface area contributed by atoms with Crippen LogP contribution in [0.1, 0.15) is 18.1 Å². The molecule has 2 aromatic rings. The maximum Gasteiger partial charge on any atom is 0.325 e. The number of halogens is 2. The summed E-state index contributed by atoms with van der Waals surface area (Å²) in [4.78, 5) is 51.6. The monoisotopic (exact) mass is 444 g/mol. The van der Waals surface area contributed by atoms with Gasteiger partial charge in [-0.3, -0.25) is 19.3 Å². The molecule has 0 unspecified atom stereocenters. The number of benzene rings is 2. The Morgan fingerprint density at radius 2 is 1.78 bits per heavy atom. The van der Waals surface area contributed by atoms with Crippen molar-refractivity contribution in [3.63, 3.8) is 0 Å². The fourth-order valence-electron chi connectivity index (χ4n) is 3.30. The van der Waals surface area contributed by atoms with Gasteiger partial charge >= 0.3 is 6.03 Å². The molecule has 1 heterocycles. The van der Waals surface area contributed by atoms with Crippen molar-refractivity contribution in [3.8, 4) is 0 Å². The number of imide groups is 1. The van der Waals surface area contributed by atoms with Crippen molar-refractivity contribution in [2.75, 3.05) is 25.5 Å². The summed E-state index contributed by atoms with van der Waals surface area (Å²) in [5, 5.41) is 4.96. The number of aryl methyl sites for hydroxylation is 1. The van der Waals surface area contributed by atoms with Gasteiger partial charge in [0.05, 0.1) is 6.54 Å². The third-order valence-corrected chi connectivity index (χ3v) is 5.18. The molecule has 0 saturated carbocycles. The molecular weight excluding hydrogens is 422 g/mol. The zero-order valence-electron chi connectivity index (χ0n) is 17.7. The van der Waals surface area contributed by atoms with Crippen molar-refractivity contribution in [2.45, 2.75) is 19.4 Å². The Morgan fingerprint density at radius 3 is 2.44 bits per heavy atom. The van der Waals surface area contributed by atoms with E-state index in [-0.39, 0.29) is 12.1 Å². The number of likely N-dealkylation sites (N-methyl/N-ethyl adjacent to an activating group) is 1. The molecule has 1 aliphatic rings. The Balaban J connectivity index is 1.65. The number of nitrogens with one attached hydrogen (secondary N) is 2. The Kier molecular flexibility index (Phi) is 6.24. The van der Waals surface area contributed by atoms with Crippen LogP contribution in [-0.4, -0.2) is 53.7 Å². The second-order valence-electron chi connectivity index (χ2n) is 7.73. The van der Waals surface area contributed by atoms with E-state index in [9.17, 15) is 28.0 Å². The van der Waals surface area contributed by atoms with E-state index in [1.54, 1.807) is 12.1 Å². The van der Waals surface area contributed by atoms with E-state index in [1.165, 1.54) is 14.0 Å². The van der Waals surface area contributed by atoms with Crippen LogP contribution in [0, 0.1) is 18.6 Å². The molecule has 0 bridgehead atoms. The maximum absolute atomic E-state index is 14.2. The molecule has 10 heteroatoms. The van der Waals surface area contributed by atoms with Gasteiger partial charge in [0.25, 0.3) is 5.91 Å². The molecule has 1 atom stereocenters. The minimum absolute atomic E-state index is 0.313. The van der Waals surface area contributed by atoms with Gasteiger partial charge in [-0.1, -0.05) is 17.7 Å². The van der Waals surface area contributed by atoms with Crippen molar-refractivity contribution >= 4 is 29.4 Å². The lowest BCUT2D eigenvalue weighted by Crippen LogP contribution is -2.45. The van der Waals surface area contributed by atoms with Gasteiger partial charge in [-0.05, 0) is 44.2 Å². The lowest BCUT2D eigenvalue weighted by molar-refractivity contribution is -0.139. The first kappa shape index (κ1) is 22.9. The predicted octanol–water partition coefficient (Wildman–Crippen LogP) is 2.14. The smallest absolute Gasteiger partial charge is 0.325 e. The summed E-state index contributed by atoms with van der Waals surface area (Å²) in [5.41, 5.74) is -0.640. The van der Waals surface area contributed by atoms with Gasteiger partial charge in [0.1, 0.15) is 23.7 Å². The Morgan fingerprint density at radius 1 is 1.12 bits per heavy atom. The van der Waals surface area contributed by atoms with Crippen LogP contribution in [0.5, 0.6) is 0 Å². The molecule has 1 fully saturated rings. The third-order valence-electron chi connectivity index (χ3n) is 5.18. The predicted molar refractivity (Wildman–Crippen MR) is 111 cm³/mol. The Labute approximate surface area is 183 Å². The summed E-state index contributed by atoms with van der Waals surface area (Å²) < 4.78 is 27.8. The summed E-state index contributed by atoms with van der Waals surface area (Å²) in [6, 6.07) is 8.71. The SMILES string of the molecule is Cc1ccc(NC(=O)CN(C)C(=O)CN2C(=O)N[C@@](C)(c3cc(F)ccc3F)C2=O)cc1. The van der Waals surface area contributed by atoms with Crippen LogP contribution < -0.4 is 10.6 Å². The number of rotatable bonds is 6. The lowest BCUT2D eigenvalue weighted by atomic mass is 9.91. The van der Waals surface area contributed by atoms with E-state index >= 15 is 0 Å². The molecule has 168 valence electrons. The van der Waals surface area contributed by atoms with Gasteiger partial charge in [-0.25, -0.2) is 13.6 Å². The maximum atomic E-state index is 14.2. The summed E-state index contributed by atoms with van der Waals surface area (Å²) in [5.74, 6) is -3.71. The molecule has 1 saturated heterocycles. The number of amides is 5. The normalized spacial score (nSPS) is 17.8. The molecular formula is C22H22F2N4O4. The van der Waals surface area contributed by atoms with Gasteiger partial charge in [0, 0.05) is 18.3 Å². The minimum Gasteiger partial charge on any atom is -0.335 e. The molecule has 0 radical (unpaired) electrons. The molecule has 0 aliphatic carbocycles. The van der Waals surface area contributed by atoms with E-state index < -0.39 is 47.5 Å². The van der Waals surface area contributed by atoms with Crippen LogP contribution in [0.2, 0.25) is 0 Å². The first-order valence-corrected chi connectivity index (χ1v) is 9.71. The van der Waals surface area contributed by atoms with Crippen LogP contribution >= 0.6 is 0 Å². The summed E-state index contributed by atoms with van der Waals surface area (Å²) in [6.45, 7) is 2.16. The zero-order valence-corrected chi connectivity index (χ0v) is 17.7. The van der Waals surface area contributed by atoms with E-state index in [1.807, 2.05) is 19.1 Å². The molecule has 3 rings (SSSR count). The standard InChI is InChI=1S/C22H22F2N4O4/c1-13-4-7-15(8-5-13)25-18(29)11-27(3)19(30)12-28-20(31)22(2,26-21(28)32)16-10-14(23)6-9-17(16)24/h4-10H,11-12H2,1-3H3,(H,25,29)(H,26,32)/t22-/m0/s1. The van der Waals surface area contributed by atoms with Crippen molar-refractivity contribution in [2.24, 2.45) is 0 Å². The van der Waals surface area contributed by atoms with Gasteiger partial charge < -0.3 is 15.5 Å². The molecule has 0 aromatic heterocycles. The highest BCUT2D eigenvalue weighted by Crippen LogP contribution is 2.31. The average Bonchev–Trinajstić information content (AvgIpc) is 2.95. The lowest BCUT2D eigenvalue weighted by Gasteiger charge is -2.23. The van der Waals surface area contributed by atoms with Gasteiger partial charge in [0.2, 0.25) is 11.8 Å². The molecule has 2 aromatic carbocycles. The molecule has 32 heavy (non-hydrogen) atoms. The fourth-order valence-corrected chi connectivity index (χ4v) is 3.30. The molecule has 0 spiro atoms. The number of hydrogen-bond acceptors (Lipinski definition) is 4. The van der Waals surface area contributed by atoms with Crippen LogP contribution in [0.3, 0.4) is 0 Å². The van der Waals surface area contributed by atoms with Crippen molar-refractivity contribution in [3.05, 3.63) is 65.2 Å². The highest BCUT2D eigenvalue weighted by atomic mass is 19.1.